The third-order valence-corrected chi connectivity index (χ3v) is 4.36. The number of nitrogens with one attached hydrogen (secondary N) is 1. The SMILES string of the molecule is CCCc1c(C(=O)NN=Cc2sccc2C)nnn1-c1nonc1N. The fraction of sp³-hybridized carbons (Fsp3) is 0.286. The van der Waals surface area contributed by atoms with Crippen molar-refractivity contribution >= 4 is 29.3 Å². The summed E-state index contributed by atoms with van der Waals surface area (Å²) in [6, 6.07) is 1.98. The van der Waals surface area contributed by atoms with Gasteiger partial charge in [0.2, 0.25) is 11.6 Å². The molecule has 3 aromatic rings. The van der Waals surface area contributed by atoms with Crippen LogP contribution < -0.4 is 11.2 Å². The van der Waals surface area contributed by atoms with Crippen LogP contribution in [0.2, 0.25) is 0 Å². The van der Waals surface area contributed by atoms with E-state index in [1.165, 1.54) is 4.68 Å². The normalized spacial score (nSPS) is 11.3. The second-order valence-electron chi connectivity index (χ2n) is 5.19. The number of aromatic nitrogens is 5. The second-order valence-corrected chi connectivity index (χ2v) is 6.13. The van der Waals surface area contributed by atoms with E-state index < -0.39 is 5.91 Å². The largest absolute Gasteiger partial charge is 0.378 e. The first-order chi connectivity index (χ1) is 12.1. The fourth-order valence-electron chi connectivity index (χ4n) is 2.17. The number of anilines is 1. The molecule has 0 atom stereocenters. The average molecular weight is 360 g/mol. The molecule has 0 saturated carbocycles. The summed E-state index contributed by atoms with van der Waals surface area (Å²) >= 11 is 1.54. The van der Waals surface area contributed by atoms with Gasteiger partial charge in [0.1, 0.15) is 0 Å². The van der Waals surface area contributed by atoms with Crippen LogP contribution in [0.15, 0.2) is 21.2 Å². The maximum Gasteiger partial charge on any atom is 0.293 e. The molecule has 0 spiro atoms. The van der Waals surface area contributed by atoms with Crippen molar-refractivity contribution in [1.82, 2.24) is 30.7 Å². The number of thiophene rings is 1. The number of hydrogen-bond acceptors (Lipinski definition) is 9. The summed E-state index contributed by atoms with van der Waals surface area (Å²) in [7, 11) is 0. The van der Waals surface area contributed by atoms with Crippen molar-refractivity contribution in [3.63, 3.8) is 0 Å². The molecule has 130 valence electrons. The van der Waals surface area contributed by atoms with E-state index in [-0.39, 0.29) is 17.3 Å². The number of aryl methyl sites for hydroxylation is 1. The number of nitrogens with two attached hydrogens (primary N) is 1. The number of carbonyl (C=O) groups is 1. The molecule has 3 N–H and O–H groups in total. The first-order valence-corrected chi connectivity index (χ1v) is 8.40. The van der Waals surface area contributed by atoms with Gasteiger partial charge in [0.25, 0.3) is 5.91 Å². The predicted molar refractivity (Wildman–Crippen MR) is 91.7 cm³/mol. The van der Waals surface area contributed by atoms with E-state index in [2.05, 4.69) is 35.8 Å². The van der Waals surface area contributed by atoms with Crippen molar-refractivity contribution in [3.05, 3.63) is 33.3 Å². The van der Waals surface area contributed by atoms with Crippen LogP contribution in [0.5, 0.6) is 0 Å². The number of carbonyl (C=O) groups excluding carboxylic acids is 1. The van der Waals surface area contributed by atoms with Gasteiger partial charge in [0.15, 0.2) is 5.69 Å². The van der Waals surface area contributed by atoms with E-state index in [4.69, 9.17) is 5.73 Å². The monoisotopic (exact) mass is 360 g/mol. The lowest BCUT2D eigenvalue weighted by Crippen LogP contribution is -2.20. The van der Waals surface area contributed by atoms with Crippen molar-refractivity contribution in [1.29, 1.82) is 0 Å². The molecule has 0 aliphatic heterocycles. The molecular weight excluding hydrogens is 344 g/mol. The highest BCUT2D eigenvalue weighted by molar-refractivity contribution is 7.11. The van der Waals surface area contributed by atoms with Gasteiger partial charge in [-0.3, -0.25) is 4.79 Å². The van der Waals surface area contributed by atoms with Crippen LogP contribution in [0, 0.1) is 6.92 Å². The number of nitrogens with zero attached hydrogens (tertiary/aromatic N) is 6. The number of rotatable bonds is 6. The third kappa shape index (κ3) is 3.40. The molecule has 0 radical (unpaired) electrons. The molecule has 3 rings (SSSR count). The molecule has 25 heavy (non-hydrogen) atoms. The Kier molecular flexibility index (Phi) is 4.84. The summed E-state index contributed by atoms with van der Waals surface area (Å²) in [5, 5.41) is 21.0. The molecule has 0 aliphatic carbocycles. The van der Waals surface area contributed by atoms with Crippen LogP contribution in [0.4, 0.5) is 5.82 Å². The Morgan fingerprint density at radius 2 is 2.36 bits per heavy atom. The smallest absolute Gasteiger partial charge is 0.293 e. The molecule has 0 bridgehead atoms. The molecule has 3 aromatic heterocycles. The van der Waals surface area contributed by atoms with Crippen LogP contribution >= 0.6 is 11.3 Å². The highest BCUT2D eigenvalue weighted by Gasteiger charge is 2.23. The molecule has 0 saturated heterocycles. The zero-order valence-corrected chi connectivity index (χ0v) is 14.4. The van der Waals surface area contributed by atoms with Gasteiger partial charge in [-0.05, 0) is 40.7 Å². The van der Waals surface area contributed by atoms with Gasteiger partial charge in [0, 0.05) is 4.88 Å². The van der Waals surface area contributed by atoms with Crippen molar-refractivity contribution < 1.29 is 9.42 Å². The van der Waals surface area contributed by atoms with Gasteiger partial charge < -0.3 is 5.73 Å². The minimum atomic E-state index is -0.463. The van der Waals surface area contributed by atoms with Gasteiger partial charge in [-0.2, -0.15) is 9.78 Å². The van der Waals surface area contributed by atoms with Crippen LogP contribution in [0.1, 0.15) is 40.0 Å². The molecule has 10 nitrogen and oxygen atoms in total. The Labute approximate surface area is 146 Å². The zero-order chi connectivity index (χ0) is 17.8. The van der Waals surface area contributed by atoms with Crippen molar-refractivity contribution in [3.8, 4) is 5.82 Å². The lowest BCUT2D eigenvalue weighted by atomic mass is 10.2. The van der Waals surface area contributed by atoms with E-state index in [1.807, 2.05) is 25.3 Å². The maximum atomic E-state index is 12.4. The van der Waals surface area contributed by atoms with Crippen LogP contribution in [0.3, 0.4) is 0 Å². The van der Waals surface area contributed by atoms with Gasteiger partial charge in [-0.1, -0.05) is 18.6 Å². The lowest BCUT2D eigenvalue weighted by Gasteiger charge is -2.03. The third-order valence-electron chi connectivity index (χ3n) is 3.41. The number of hydrazone groups is 1. The number of hydrogen-bond donors (Lipinski definition) is 2. The number of nitrogen functional groups attached to an aromatic ring is 1. The molecule has 0 unspecified atom stereocenters. The Morgan fingerprint density at radius 3 is 3.00 bits per heavy atom. The molecule has 0 aromatic carbocycles. The Morgan fingerprint density at radius 1 is 1.52 bits per heavy atom. The topological polar surface area (TPSA) is 137 Å². The highest BCUT2D eigenvalue weighted by Crippen LogP contribution is 2.17. The van der Waals surface area contributed by atoms with Crippen LogP contribution in [0.25, 0.3) is 5.82 Å². The Balaban J connectivity index is 1.83. The van der Waals surface area contributed by atoms with Crippen molar-refractivity contribution in [2.24, 2.45) is 5.10 Å². The Bertz CT molecular complexity index is 910. The quantitative estimate of drug-likeness (QED) is 0.499. The second kappa shape index (κ2) is 7.21. The van der Waals surface area contributed by atoms with Gasteiger partial charge in [-0.25, -0.2) is 10.1 Å². The molecule has 3 heterocycles. The van der Waals surface area contributed by atoms with Crippen LogP contribution in [-0.4, -0.2) is 37.4 Å². The predicted octanol–water partition coefficient (Wildman–Crippen LogP) is 1.32. The van der Waals surface area contributed by atoms with E-state index in [0.29, 0.717) is 12.1 Å². The van der Waals surface area contributed by atoms with E-state index >= 15 is 0 Å². The van der Waals surface area contributed by atoms with Crippen molar-refractivity contribution in [2.45, 2.75) is 26.7 Å². The minimum absolute atomic E-state index is 0.0698. The summed E-state index contributed by atoms with van der Waals surface area (Å²) in [6.07, 6.45) is 2.92. The number of amides is 1. The lowest BCUT2D eigenvalue weighted by molar-refractivity contribution is 0.0949. The van der Waals surface area contributed by atoms with E-state index in [0.717, 1.165) is 16.9 Å². The molecular formula is C14H16N8O2S. The van der Waals surface area contributed by atoms with Gasteiger partial charge >= 0.3 is 0 Å². The van der Waals surface area contributed by atoms with Gasteiger partial charge in [0.05, 0.1) is 11.9 Å². The van der Waals surface area contributed by atoms with Crippen LogP contribution in [-0.2, 0) is 6.42 Å². The average Bonchev–Trinajstić information content (AvgIpc) is 3.29. The first kappa shape index (κ1) is 16.8. The summed E-state index contributed by atoms with van der Waals surface area (Å²) in [5.74, 6) is -0.191. The Hall–Kier alpha value is -3.08. The molecule has 11 heteroatoms. The van der Waals surface area contributed by atoms with Gasteiger partial charge in [-0.15, -0.1) is 16.4 Å². The molecule has 1 amide bonds. The van der Waals surface area contributed by atoms with E-state index in [9.17, 15) is 4.79 Å². The molecule has 0 aliphatic rings. The first-order valence-electron chi connectivity index (χ1n) is 7.52. The minimum Gasteiger partial charge on any atom is -0.378 e. The zero-order valence-electron chi connectivity index (χ0n) is 13.6. The summed E-state index contributed by atoms with van der Waals surface area (Å²) in [6.45, 7) is 3.95. The maximum absolute atomic E-state index is 12.4. The fourth-order valence-corrected chi connectivity index (χ4v) is 2.95. The summed E-state index contributed by atoms with van der Waals surface area (Å²) in [4.78, 5) is 13.4. The molecule has 0 fully saturated rings. The highest BCUT2D eigenvalue weighted by atomic mass is 32.1. The van der Waals surface area contributed by atoms with E-state index in [1.54, 1.807) is 17.6 Å². The summed E-state index contributed by atoms with van der Waals surface area (Å²) < 4.78 is 5.94. The van der Waals surface area contributed by atoms with Crippen molar-refractivity contribution in [2.75, 3.05) is 5.73 Å². The standard InChI is InChI=1S/C14H16N8O2S/c1-3-4-9-11(17-21-22(9)13-12(15)19-24-20-13)14(23)18-16-7-10-8(2)5-6-25-10/h5-7H,3-4H2,1-2H3,(H2,15,19)(H,18,23). The summed E-state index contributed by atoms with van der Waals surface area (Å²) in [5.41, 5.74) is 9.97.